The minimum Gasteiger partial charge on any atom is -0.372 e. The highest BCUT2D eigenvalue weighted by atomic mass is 32.1. The fourth-order valence-electron chi connectivity index (χ4n) is 3.16. The lowest BCUT2D eigenvalue weighted by Crippen LogP contribution is -2.45. The van der Waals surface area contributed by atoms with Gasteiger partial charge in [-0.3, -0.25) is 9.59 Å². The first-order chi connectivity index (χ1) is 12.5. The van der Waals surface area contributed by atoms with Gasteiger partial charge in [-0.1, -0.05) is 6.07 Å². The number of ether oxygens (including phenoxy) is 1. The summed E-state index contributed by atoms with van der Waals surface area (Å²) in [6, 6.07) is 11.5. The third-order valence-electron chi connectivity index (χ3n) is 4.31. The van der Waals surface area contributed by atoms with Gasteiger partial charge in [0.1, 0.15) is 0 Å². The third kappa shape index (κ3) is 4.93. The second-order valence-electron chi connectivity index (χ2n) is 6.66. The molecule has 5 nitrogen and oxygen atoms in total. The third-order valence-corrected chi connectivity index (χ3v) is 5.22. The van der Waals surface area contributed by atoms with Crippen molar-refractivity contribution in [3.63, 3.8) is 0 Å². The lowest BCUT2D eigenvalue weighted by atomic mass is 10.1. The zero-order chi connectivity index (χ0) is 18.5. The summed E-state index contributed by atoms with van der Waals surface area (Å²) in [5, 5.41) is 4.73. The van der Waals surface area contributed by atoms with Gasteiger partial charge in [0.2, 0.25) is 5.91 Å². The number of hydrogen-bond acceptors (Lipinski definition) is 5. The number of benzene rings is 1. The van der Waals surface area contributed by atoms with Crippen molar-refractivity contribution in [2.45, 2.75) is 38.9 Å². The molecule has 26 heavy (non-hydrogen) atoms. The van der Waals surface area contributed by atoms with Gasteiger partial charge in [0.25, 0.3) is 0 Å². The van der Waals surface area contributed by atoms with Crippen LogP contribution in [0.5, 0.6) is 0 Å². The van der Waals surface area contributed by atoms with Crippen LogP contribution in [0.3, 0.4) is 0 Å². The molecule has 2 atom stereocenters. The molecule has 2 heterocycles. The molecule has 3 rings (SSSR count). The summed E-state index contributed by atoms with van der Waals surface area (Å²) in [5.41, 5.74) is 1.87. The predicted octanol–water partition coefficient (Wildman–Crippen LogP) is 3.96. The van der Waals surface area contributed by atoms with Gasteiger partial charge < -0.3 is 15.0 Å². The number of rotatable bonds is 6. The summed E-state index contributed by atoms with van der Waals surface area (Å²) in [6.45, 7) is 5.88. The lowest BCUT2D eigenvalue weighted by molar-refractivity contribution is -0.116. The van der Waals surface area contributed by atoms with E-state index in [0.717, 1.165) is 24.5 Å². The Kier molecular flexibility index (Phi) is 6.06. The van der Waals surface area contributed by atoms with Crippen molar-refractivity contribution in [3.05, 3.63) is 46.7 Å². The summed E-state index contributed by atoms with van der Waals surface area (Å²) in [7, 11) is 0. The van der Waals surface area contributed by atoms with Crippen molar-refractivity contribution in [3.8, 4) is 0 Å². The second-order valence-corrected chi connectivity index (χ2v) is 7.61. The van der Waals surface area contributed by atoms with Crippen molar-refractivity contribution in [1.29, 1.82) is 0 Å². The number of carbonyl (C=O) groups is 2. The summed E-state index contributed by atoms with van der Waals surface area (Å²) in [5.74, 6) is -0.127. The Morgan fingerprint density at radius 3 is 2.42 bits per heavy atom. The minimum absolute atomic E-state index is 0.0149. The number of thiophene rings is 1. The average Bonchev–Trinajstić information content (AvgIpc) is 3.14. The van der Waals surface area contributed by atoms with E-state index in [1.165, 1.54) is 11.3 Å². The number of ketones is 1. The molecule has 0 bridgehead atoms. The lowest BCUT2D eigenvalue weighted by Gasteiger charge is -2.36. The van der Waals surface area contributed by atoms with E-state index >= 15 is 0 Å². The molecule has 0 unspecified atom stereocenters. The van der Waals surface area contributed by atoms with E-state index in [0.29, 0.717) is 4.88 Å². The molecule has 1 N–H and O–H groups in total. The van der Waals surface area contributed by atoms with Gasteiger partial charge >= 0.3 is 0 Å². The number of nitrogens with one attached hydrogen (secondary N) is 1. The van der Waals surface area contributed by atoms with Crippen LogP contribution >= 0.6 is 11.3 Å². The Balaban J connectivity index is 1.50. The van der Waals surface area contributed by atoms with Gasteiger partial charge in [-0.15, -0.1) is 11.3 Å². The van der Waals surface area contributed by atoms with Gasteiger partial charge in [0.15, 0.2) is 5.78 Å². The maximum absolute atomic E-state index is 12.1. The molecule has 1 aromatic carbocycles. The van der Waals surface area contributed by atoms with Crippen LogP contribution in [0.15, 0.2) is 41.8 Å². The standard InChI is InChI=1S/C20H24N2O3S/c1-14-12-22(13-15(2)25-14)17-7-5-16(6-8-17)21-20(24)10-9-18(23)19-4-3-11-26-19/h3-8,11,14-15H,9-10,12-13H2,1-2H3,(H,21,24)/t14-,15+. The molecular formula is C20H24N2O3S. The van der Waals surface area contributed by atoms with Crippen LogP contribution < -0.4 is 10.2 Å². The van der Waals surface area contributed by atoms with Crippen molar-refractivity contribution >= 4 is 34.4 Å². The van der Waals surface area contributed by atoms with Crippen LogP contribution in [-0.4, -0.2) is 37.0 Å². The number of Topliss-reactive ketones (excluding diaryl/α,β-unsaturated/α-hetero) is 1. The summed E-state index contributed by atoms with van der Waals surface area (Å²) in [6.07, 6.45) is 0.836. The van der Waals surface area contributed by atoms with E-state index < -0.39 is 0 Å². The first kappa shape index (κ1) is 18.6. The van der Waals surface area contributed by atoms with E-state index in [4.69, 9.17) is 4.74 Å². The smallest absolute Gasteiger partial charge is 0.224 e. The first-order valence-corrected chi connectivity index (χ1v) is 9.76. The second kappa shape index (κ2) is 8.47. The van der Waals surface area contributed by atoms with Crippen molar-refractivity contribution in [2.24, 2.45) is 0 Å². The number of hydrogen-bond donors (Lipinski definition) is 1. The molecule has 2 aromatic rings. The Bertz CT molecular complexity index is 733. The molecular weight excluding hydrogens is 348 g/mol. The number of anilines is 2. The van der Waals surface area contributed by atoms with Crippen LogP contribution in [0, 0.1) is 0 Å². The quantitative estimate of drug-likeness (QED) is 0.780. The van der Waals surface area contributed by atoms with E-state index in [1.807, 2.05) is 35.7 Å². The summed E-state index contributed by atoms with van der Waals surface area (Å²) < 4.78 is 5.76. The topological polar surface area (TPSA) is 58.6 Å². The van der Waals surface area contributed by atoms with E-state index in [2.05, 4.69) is 24.1 Å². The molecule has 0 saturated carbocycles. The SMILES string of the molecule is C[C@@H]1CN(c2ccc(NC(=O)CCC(=O)c3cccs3)cc2)C[C@H](C)O1. The molecule has 1 aromatic heterocycles. The van der Waals surface area contributed by atoms with E-state index in [9.17, 15) is 9.59 Å². The highest BCUT2D eigenvalue weighted by Crippen LogP contribution is 2.22. The van der Waals surface area contributed by atoms with E-state index in [1.54, 1.807) is 6.07 Å². The van der Waals surface area contributed by atoms with Gasteiger partial charge in [0, 0.05) is 37.3 Å². The van der Waals surface area contributed by atoms with Crippen LogP contribution in [0.25, 0.3) is 0 Å². The van der Waals surface area contributed by atoms with Crippen LogP contribution in [0.1, 0.15) is 36.4 Å². The largest absolute Gasteiger partial charge is 0.372 e. The Labute approximate surface area is 158 Å². The molecule has 6 heteroatoms. The zero-order valence-corrected chi connectivity index (χ0v) is 15.9. The van der Waals surface area contributed by atoms with Crippen LogP contribution in [0.4, 0.5) is 11.4 Å². The maximum atomic E-state index is 12.1. The number of morpholine rings is 1. The summed E-state index contributed by atoms with van der Waals surface area (Å²) >= 11 is 1.41. The molecule has 1 fully saturated rings. The molecule has 1 aliphatic rings. The highest BCUT2D eigenvalue weighted by Gasteiger charge is 2.22. The minimum atomic E-state index is -0.142. The number of carbonyl (C=O) groups excluding carboxylic acids is 2. The fraction of sp³-hybridized carbons (Fsp3) is 0.400. The zero-order valence-electron chi connectivity index (χ0n) is 15.1. The predicted molar refractivity (Wildman–Crippen MR) is 105 cm³/mol. The average molecular weight is 372 g/mol. The number of nitrogens with zero attached hydrogens (tertiary/aromatic N) is 1. The van der Waals surface area contributed by atoms with Crippen molar-refractivity contribution < 1.29 is 14.3 Å². The Hall–Kier alpha value is -2.18. The number of amides is 1. The Morgan fingerprint density at radius 1 is 1.12 bits per heavy atom. The molecule has 1 amide bonds. The van der Waals surface area contributed by atoms with Gasteiger partial charge in [-0.2, -0.15) is 0 Å². The van der Waals surface area contributed by atoms with Crippen molar-refractivity contribution in [1.82, 2.24) is 0 Å². The monoisotopic (exact) mass is 372 g/mol. The Morgan fingerprint density at radius 2 is 1.81 bits per heavy atom. The van der Waals surface area contributed by atoms with E-state index in [-0.39, 0.29) is 36.7 Å². The molecule has 1 aliphatic heterocycles. The summed E-state index contributed by atoms with van der Waals surface area (Å²) in [4.78, 5) is 27.0. The fourth-order valence-corrected chi connectivity index (χ4v) is 3.85. The normalized spacial score (nSPS) is 20.0. The highest BCUT2D eigenvalue weighted by molar-refractivity contribution is 7.12. The molecule has 0 spiro atoms. The molecule has 138 valence electrons. The maximum Gasteiger partial charge on any atom is 0.224 e. The van der Waals surface area contributed by atoms with Gasteiger partial charge in [0.05, 0.1) is 17.1 Å². The van der Waals surface area contributed by atoms with Crippen molar-refractivity contribution in [2.75, 3.05) is 23.3 Å². The van der Waals surface area contributed by atoms with Gasteiger partial charge in [-0.05, 0) is 49.6 Å². The van der Waals surface area contributed by atoms with Gasteiger partial charge in [-0.25, -0.2) is 0 Å². The molecule has 0 aliphatic carbocycles. The molecule has 0 radical (unpaired) electrons. The first-order valence-electron chi connectivity index (χ1n) is 8.88. The molecule has 1 saturated heterocycles. The van der Waals surface area contributed by atoms with Crippen LogP contribution in [0.2, 0.25) is 0 Å². The van der Waals surface area contributed by atoms with Crippen LogP contribution in [-0.2, 0) is 9.53 Å².